The second-order valence-electron chi connectivity index (χ2n) is 8.61. The normalized spacial score (nSPS) is 38.1. The van der Waals surface area contributed by atoms with Crippen molar-refractivity contribution < 1.29 is 19.0 Å². The highest BCUT2D eigenvalue weighted by Gasteiger charge is 2.76. The summed E-state index contributed by atoms with van der Waals surface area (Å²) in [5.74, 6) is -0.0359. The van der Waals surface area contributed by atoms with Crippen LogP contribution >= 0.6 is 0 Å². The fourth-order valence-electron chi connectivity index (χ4n) is 5.36. The molecule has 0 bridgehead atoms. The predicted molar refractivity (Wildman–Crippen MR) is 98.2 cm³/mol. The van der Waals surface area contributed by atoms with E-state index < -0.39 is 13.9 Å². The van der Waals surface area contributed by atoms with Gasteiger partial charge in [0.15, 0.2) is 5.79 Å². The molecule has 136 valence electrons. The van der Waals surface area contributed by atoms with Crippen LogP contribution in [0.4, 0.5) is 0 Å². The lowest BCUT2D eigenvalue weighted by Crippen LogP contribution is -2.51. The SMILES string of the molecule is CCOC(=O)[C@@H]1[C@H]2[C@@H]3OC(C)(C)O[C@@H]3[C@H]([Si](C)(C)c3ccccc3)[C@@H]12. The molecule has 3 fully saturated rings. The minimum Gasteiger partial charge on any atom is -0.466 e. The zero-order chi connectivity index (χ0) is 18.0. The van der Waals surface area contributed by atoms with Gasteiger partial charge in [0.25, 0.3) is 0 Å². The number of ether oxygens (including phenoxy) is 3. The van der Waals surface area contributed by atoms with Gasteiger partial charge in [-0.2, -0.15) is 0 Å². The first-order valence-corrected chi connectivity index (χ1v) is 12.4. The van der Waals surface area contributed by atoms with E-state index in [1.54, 1.807) is 0 Å². The number of rotatable bonds is 4. The maximum atomic E-state index is 12.5. The van der Waals surface area contributed by atoms with E-state index in [9.17, 15) is 4.79 Å². The van der Waals surface area contributed by atoms with Crippen LogP contribution in [0.2, 0.25) is 18.6 Å². The first kappa shape index (κ1) is 17.3. The molecule has 1 aromatic rings. The van der Waals surface area contributed by atoms with E-state index in [-0.39, 0.29) is 30.0 Å². The van der Waals surface area contributed by atoms with Gasteiger partial charge in [-0.05, 0) is 32.2 Å². The maximum Gasteiger partial charge on any atom is 0.309 e. The highest BCUT2D eigenvalue weighted by molar-refractivity contribution is 6.91. The smallest absolute Gasteiger partial charge is 0.309 e. The minimum atomic E-state index is -1.84. The average molecular weight is 361 g/mol. The molecule has 1 aliphatic heterocycles. The maximum absolute atomic E-state index is 12.5. The van der Waals surface area contributed by atoms with Gasteiger partial charge in [0.2, 0.25) is 0 Å². The van der Waals surface area contributed by atoms with Crippen LogP contribution in [0, 0.1) is 17.8 Å². The Morgan fingerprint density at radius 1 is 1.12 bits per heavy atom. The molecule has 4 nitrogen and oxygen atoms in total. The van der Waals surface area contributed by atoms with Crippen LogP contribution in [0.25, 0.3) is 0 Å². The molecule has 0 unspecified atom stereocenters. The predicted octanol–water partition coefficient (Wildman–Crippen LogP) is 2.93. The van der Waals surface area contributed by atoms with Crippen molar-refractivity contribution in [3.8, 4) is 0 Å². The van der Waals surface area contributed by atoms with Crippen molar-refractivity contribution in [1.82, 2.24) is 0 Å². The summed E-state index contributed by atoms with van der Waals surface area (Å²) < 4.78 is 17.9. The van der Waals surface area contributed by atoms with Gasteiger partial charge in [0.05, 0.1) is 32.8 Å². The largest absolute Gasteiger partial charge is 0.466 e. The third-order valence-corrected chi connectivity index (χ3v) is 10.6. The average Bonchev–Trinajstić information content (AvgIpc) is 3.07. The monoisotopic (exact) mass is 360 g/mol. The molecule has 0 aromatic heterocycles. The summed E-state index contributed by atoms with van der Waals surface area (Å²) in [6.45, 7) is 11.1. The van der Waals surface area contributed by atoms with Crippen molar-refractivity contribution in [3.63, 3.8) is 0 Å². The lowest BCUT2D eigenvalue weighted by atomic mass is 10.1. The van der Waals surface area contributed by atoms with Gasteiger partial charge in [-0.25, -0.2) is 0 Å². The molecule has 0 amide bonds. The minimum absolute atomic E-state index is 0.0146. The van der Waals surface area contributed by atoms with E-state index in [1.165, 1.54) is 5.19 Å². The fraction of sp³-hybridized carbons (Fsp3) is 0.650. The highest BCUT2D eigenvalue weighted by atomic mass is 28.3. The summed E-state index contributed by atoms with van der Waals surface area (Å²) in [6, 6.07) is 10.7. The van der Waals surface area contributed by atoms with E-state index in [0.717, 1.165) is 0 Å². The number of carbonyl (C=O) groups excluding carboxylic acids is 1. The van der Waals surface area contributed by atoms with Crippen molar-refractivity contribution in [1.29, 1.82) is 0 Å². The standard InChI is InChI=1S/C20H28O4Si/c1-6-22-19(21)15-13-14(15)18(17-16(13)23-20(2,3)24-17)25(4,5)12-10-8-7-9-11-12/h7-11,13-18H,6H2,1-5H3/t13-,14+,15+,16-,17-,18+/m0/s1. The molecule has 1 heterocycles. The molecule has 0 spiro atoms. The molecule has 2 aliphatic carbocycles. The van der Waals surface area contributed by atoms with Crippen LogP contribution in [0.1, 0.15) is 20.8 Å². The molecular formula is C20H28O4Si. The number of hydrogen-bond acceptors (Lipinski definition) is 4. The Balaban J connectivity index is 1.69. The number of esters is 1. The fourth-order valence-corrected chi connectivity index (χ4v) is 9.27. The van der Waals surface area contributed by atoms with Crippen molar-refractivity contribution in [2.24, 2.45) is 17.8 Å². The van der Waals surface area contributed by atoms with Crippen LogP contribution < -0.4 is 5.19 Å². The Labute approximate surface area is 150 Å². The number of hydrogen-bond donors (Lipinski definition) is 0. The van der Waals surface area contributed by atoms with Crippen LogP contribution in [-0.4, -0.2) is 38.6 Å². The van der Waals surface area contributed by atoms with E-state index >= 15 is 0 Å². The first-order chi connectivity index (χ1) is 11.8. The van der Waals surface area contributed by atoms with Crippen molar-refractivity contribution in [2.45, 2.75) is 57.4 Å². The van der Waals surface area contributed by atoms with Crippen LogP contribution in [-0.2, 0) is 19.0 Å². The van der Waals surface area contributed by atoms with Crippen LogP contribution in [0.15, 0.2) is 30.3 Å². The molecule has 4 rings (SSSR count). The summed E-state index contributed by atoms with van der Waals surface area (Å²) >= 11 is 0. The molecular weight excluding hydrogens is 332 g/mol. The molecule has 0 N–H and O–H groups in total. The Kier molecular flexibility index (Phi) is 3.91. The Bertz CT molecular complexity index is 672. The lowest BCUT2D eigenvalue weighted by molar-refractivity contribution is -0.153. The van der Waals surface area contributed by atoms with Crippen molar-refractivity contribution in [2.75, 3.05) is 6.61 Å². The third-order valence-electron chi connectivity index (χ3n) is 6.35. The van der Waals surface area contributed by atoms with Crippen molar-refractivity contribution >= 4 is 19.2 Å². The number of carbonyl (C=O) groups is 1. The molecule has 6 atom stereocenters. The second kappa shape index (κ2) is 5.66. The molecule has 5 heteroatoms. The van der Waals surface area contributed by atoms with E-state index in [0.29, 0.717) is 18.1 Å². The van der Waals surface area contributed by atoms with E-state index in [2.05, 4.69) is 43.4 Å². The van der Waals surface area contributed by atoms with Crippen LogP contribution in [0.3, 0.4) is 0 Å². The van der Waals surface area contributed by atoms with Gasteiger partial charge in [0, 0.05) is 5.92 Å². The zero-order valence-corrected chi connectivity index (χ0v) is 16.7. The lowest BCUT2D eigenvalue weighted by Gasteiger charge is -2.36. The summed E-state index contributed by atoms with van der Waals surface area (Å²) in [7, 11) is -1.84. The van der Waals surface area contributed by atoms with E-state index in [1.807, 2.05) is 20.8 Å². The quantitative estimate of drug-likeness (QED) is 0.612. The van der Waals surface area contributed by atoms with Gasteiger partial charge in [0.1, 0.15) is 0 Å². The Morgan fingerprint density at radius 3 is 2.40 bits per heavy atom. The van der Waals surface area contributed by atoms with Gasteiger partial charge in [-0.1, -0.05) is 48.6 Å². The highest BCUT2D eigenvalue weighted by Crippen LogP contribution is 2.69. The summed E-state index contributed by atoms with van der Waals surface area (Å²) in [6.07, 6.45) is 0.118. The third kappa shape index (κ3) is 2.59. The topological polar surface area (TPSA) is 44.8 Å². The Morgan fingerprint density at radius 2 is 1.76 bits per heavy atom. The molecule has 3 aliphatic rings. The van der Waals surface area contributed by atoms with Gasteiger partial charge < -0.3 is 14.2 Å². The van der Waals surface area contributed by atoms with Crippen LogP contribution in [0.5, 0.6) is 0 Å². The van der Waals surface area contributed by atoms with Crippen molar-refractivity contribution in [3.05, 3.63) is 30.3 Å². The molecule has 0 radical (unpaired) electrons. The summed E-state index contributed by atoms with van der Waals surface area (Å²) in [5.41, 5.74) is 0.376. The second-order valence-corrected chi connectivity index (χ2v) is 13.3. The summed E-state index contributed by atoms with van der Waals surface area (Å²) in [4.78, 5) is 12.5. The van der Waals surface area contributed by atoms with E-state index in [4.69, 9.17) is 14.2 Å². The van der Waals surface area contributed by atoms with Gasteiger partial charge in [-0.15, -0.1) is 0 Å². The molecule has 25 heavy (non-hydrogen) atoms. The molecule has 1 saturated heterocycles. The number of benzene rings is 1. The van der Waals surface area contributed by atoms with Gasteiger partial charge >= 0.3 is 5.97 Å². The molecule has 1 aromatic carbocycles. The number of fused-ring (bicyclic) bond motifs is 3. The van der Waals surface area contributed by atoms with Gasteiger partial charge in [-0.3, -0.25) is 4.79 Å². The molecule has 2 saturated carbocycles. The zero-order valence-electron chi connectivity index (χ0n) is 15.7. The summed E-state index contributed by atoms with van der Waals surface area (Å²) in [5, 5.41) is 1.42. The first-order valence-electron chi connectivity index (χ1n) is 9.36. The Hall–Kier alpha value is -1.17.